The molecule has 8 nitrogen and oxygen atoms in total. The van der Waals surface area contributed by atoms with Gasteiger partial charge < -0.3 is 24.6 Å². The number of aliphatic carboxylic acids is 1. The second-order valence-electron chi connectivity index (χ2n) is 7.62. The molecule has 0 spiro atoms. The normalized spacial score (nSPS) is 10.5. The average molecular weight is 472 g/mol. The van der Waals surface area contributed by atoms with Crippen LogP contribution in [-0.2, 0) is 4.79 Å². The lowest BCUT2D eigenvalue weighted by Crippen LogP contribution is -2.11. The van der Waals surface area contributed by atoms with Crippen molar-refractivity contribution in [3.05, 3.63) is 84.6 Å². The van der Waals surface area contributed by atoms with Crippen molar-refractivity contribution in [3.63, 3.8) is 0 Å². The first kappa shape index (κ1) is 23.6. The number of nitrogens with zero attached hydrogens (tertiary/aromatic N) is 1. The van der Waals surface area contributed by atoms with Gasteiger partial charge in [0.1, 0.15) is 11.5 Å². The second-order valence-corrected chi connectivity index (χ2v) is 7.62. The Morgan fingerprint density at radius 3 is 2.43 bits per heavy atom. The van der Waals surface area contributed by atoms with Crippen molar-refractivity contribution in [1.29, 1.82) is 0 Å². The number of aromatic nitrogens is 1. The molecule has 0 fully saturated rings. The van der Waals surface area contributed by atoms with Crippen LogP contribution in [0.25, 0.3) is 10.9 Å². The summed E-state index contributed by atoms with van der Waals surface area (Å²) in [6, 6.07) is 21.3. The number of carbonyl (C=O) groups is 2. The van der Waals surface area contributed by atoms with Crippen LogP contribution in [0.3, 0.4) is 0 Å². The Labute approximate surface area is 202 Å². The Morgan fingerprint density at radius 1 is 0.943 bits per heavy atom. The molecular weight excluding hydrogens is 448 g/mol. The fourth-order valence-corrected chi connectivity index (χ4v) is 3.42. The predicted octanol–water partition coefficient (Wildman–Crippen LogP) is 5.53. The van der Waals surface area contributed by atoms with E-state index >= 15 is 0 Å². The highest BCUT2D eigenvalue weighted by Crippen LogP contribution is 2.37. The van der Waals surface area contributed by atoms with Crippen molar-refractivity contribution in [2.24, 2.45) is 0 Å². The zero-order chi connectivity index (χ0) is 24.6. The number of carboxylic acid groups (broad SMARTS) is 1. The number of ether oxygens (including phenoxy) is 3. The molecule has 178 valence electrons. The first-order chi connectivity index (χ1) is 17.0. The minimum atomic E-state index is -0.867. The Bertz CT molecular complexity index is 1320. The number of hydrogen-bond acceptors (Lipinski definition) is 6. The summed E-state index contributed by atoms with van der Waals surface area (Å²) >= 11 is 0. The van der Waals surface area contributed by atoms with Gasteiger partial charge in [0.15, 0.2) is 11.5 Å². The van der Waals surface area contributed by atoms with E-state index in [1.165, 1.54) is 7.11 Å². The number of carbonyl (C=O) groups excluding carboxylic acids is 1. The third-order valence-corrected chi connectivity index (χ3v) is 5.16. The molecule has 2 N–H and O–H groups in total. The number of amides is 1. The molecule has 0 aliphatic heterocycles. The molecule has 0 saturated carbocycles. The van der Waals surface area contributed by atoms with Crippen LogP contribution in [0, 0.1) is 0 Å². The maximum Gasteiger partial charge on any atom is 0.303 e. The second kappa shape index (κ2) is 11.0. The Morgan fingerprint density at radius 2 is 1.71 bits per heavy atom. The minimum Gasteiger partial charge on any atom is -0.493 e. The van der Waals surface area contributed by atoms with Crippen molar-refractivity contribution in [3.8, 4) is 23.0 Å². The van der Waals surface area contributed by atoms with Crippen molar-refractivity contribution < 1.29 is 28.9 Å². The number of benzene rings is 3. The first-order valence-electron chi connectivity index (χ1n) is 11.0. The summed E-state index contributed by atoms with van der Waals surface area (Å²) in [6.45, 7) is 0.248. The first-order valence-corrected chi connectivity index (χ1v) is 11.0. The van der Waals surface area contributed by atoms with Crippen LogP contribution >= 0.6 is 0 Å². The number of hydrogen-bond donors (Lipinski definition) is 2. The lowest BCUT2D eigenvalue weighted by Gasteiger charge is -2.14. The molecule has 0 atom stereocenters. The van der Waals surface area contributed by atoms with Crippen LogP contribution in [0.4, 0.5) is 5.69 Å². The highest BCUT2D eigenvalue weighted by Gasteiger charge is 2.13. The number of pyridine rings is 1. The number of rotatable bonds is 10. The molecule has 0 saturated heterocycles. The van der Waals surface area contributed by atoms with Gasteiger partial charge in [0, 0.05) is 35.3 Å². The summed E-state index contributed by atoms with van der Waals surface area (Å²) in [6.07, 6.45) is 2.04. The molecule has 3 aromatic carbocycles. The molecule has 0 aliphatic rings. The van der Waals surface area contributed by atoms with Gasteiger partial charge in [0.2, 0.25) is 0 Å². The topological polar surface area (TPSA) is 107 Å². The fraction of sp³-hybridized carbons (Fsp3) is 0.148. The van der Waals surface area contributed by atoms with Gasteiger partial charge in [-0.15, -0.1) is 0 Å². The molecule has 0 unspecified atom stereocenters. The minimum absolute atomic E-state index is 0.0286. The number of fused-ring (bicyclic) bond motifs is 1. The average Bonchev–Trinajstić information content (AvgIpc) is 2.88. The predicted molar refractivity (Wildman–Crippen MR) is 132 cm³/mol. The van der Waals surface area contributed by atoms with Gasteiger partial charge in [-0.1, -0.05) is 18.2 Å². The lowest BCUT2D eigenvalue weighted by atomic mass is 10.1. The van der Waals surface area contributed by atoms with Gasteiger partial charge in [-0.05, 0) is 55.0 Å². The Kier molecular flexibility index (Phi) is 7.42. The van der Waals surface area contributed by atoms with Gasteiger partial charge >= 0.3 is 5.97 Å². The van der Waals surface area contributed by atoms with Crippen LogP contribution in [0.5, 0.6) is 23.0 Å². The van der Waals surface area contributed by atoms with E-state index in [1.807, 2.05) is 18.2 Å². The molecule has 4 rings (SSSR count). The number of methoxy groups -OCH3 is 1. The van der Waals surface area contributed by atoms with Crippen LogP contribution in [-0.4, -0.2) is 35.7 Å². The van der Waals surface area contributed by atoms with Crippen molar-refractivity contribution >= 4 is 28.5 Å². The summed E-state index contributed by atoms with van der Waals surface area (Å²) < 4.78 is 17.3. The summed E-state index contributed by atoms with van der Waals surface area (Å²) in [5, 5.41) is 12.4. The molecule has 0 bridgehead atoms. The number of anilines is 1. The van der Waals surface area contributed by atoms with Gasteiger partial charge in [-0.3, -0.25) is 14.6 Å². The number of carboxylic acids is 1. The molecule has 1 amide bonds. The van der Waals surface area contributed by atoms with E-state index in [0.29, 0.717) is 46.2 Å². The van der Waals surface area contributed by atoms with E-state index in [0.717, 1.165) is 5.39 Å². The molecule has 8 heteroatoms. The van der Waals surface area contributed by atoms with Crippen LogP contribution < -0.4 is 19.5 Å². The van der Waals surface area contributed by atoms with Gasteiger partial charge in [-0.2, -0.15) is 0 Å². The highest BCUT2D eigenvalue weighted by molar-refractivity contribution is 6.04. The van der Waals surface area contributed by atoms with Gasteiger partial charge in [0.25, 0.3) is 5.91 Å². The smallest absolute Gasteiger partial charge is 0.303 e. The van der Waals surface area contributed by atoms with Crippen LogP contribution in [0.1, 0.15) is 23.2 Å². The van der Waals surface area contributed by atoms with Gasteiger partial charge in [0.05, 0.1) is 19.2 Å². The molecule has 0 radical (unpaired) electrons. The van der Waals surface area contributed by atoms with E-state index in [9.17, 15) is 9.59 Å². The van der Waals surface area contributed by atoms with Crippen molar-refractivity contribution in [1.82, 2.24) is 4.98 Å². The molecule has 1 aromatic heterocycles. The molecule has 35 heavy (non-hydrogen) atoms. The van der Waals surface area contributed by atoms with Crippen molar-refractivity contribution in [2.75, 3.05) is 19.0 Å². The SMILES string of the molecule is COc1cc2c(Oc3ccc(NC(=O)c4ccccc4)cc3)ccnc2cc1OCCCC(=O)O. The largest absolute Gasteiger partial charge is 0.493 e. The third kappa shape index (κ3) is 6.05. The Balaban J connectivity index is 1.48. The fourth-order valence-electron chi connectivity index (χ4n) is 3.42. The maximum atomic E-state index is 12.3. The molecule has 1 heterocycles. The van der Waals surface area contributed by atoms with E-state index in [2.05, 4.69) is 10.3 Å². The maximum absolute atomic E-state index is 12.3. The number of nitrogens with one attached hydrogen (secondary N) is 1. The summed E-state index contributed by atoms with van der Waals surface area (Å²) in [4.78, 5) is 27.4. The van der Waals surface area contributed by atoms with Crippen molar-refractivity contribution in [2.45, 2.75) is 12.8 Å². The monoisotopic (exact) mass is 472 g/mol. The Hall–Kier alpha value is -4.59. The summed E-state index contributed by atoms with van der Waals surface area (Å²) in [5.41, 5.74) is 1.87. The van der Waals surface area contributed by atoms with E-state index in [-0.39, 0.29) is 18.9 Å². The third-order valence-electron chi connectivity index (χ3n) is 5.16. The molecular formula is C27H24N2O6. The molecule has 0 aliphatic carbocycles. The summed E-state index contributed by atoms with van der Waals surface area (Å²) in [5.74, 6) is 1.08. The van der Waals surface area contributed by atoms with E-state index in [4.69, 9.17) is 19.3 Å². The lowest BCUT2D eigenvalue weighted by molar-refractivity contribution is -0.137. The summed E-state index contributed by atoms with van der Waals surface area (Å²) in [7, 11) is 1.53. The zero-order valence-corrected chi connectivity index (χ0v) is 19.1. The molecule has 4 aromatic rings. The standard InChI is InChI=1S/C27H24N2O6/c1-33-24-16-21-22(17-25(24)34-15-5-8-26(30)31)28-14-13-23(21)35-20-11-9-19(10-12-20)29-27(32)18-6-3-2-4-7-18/h2-4,6-7,9-14,16-17H,5,8,15H2,1H3,(H,29,32)(H,30,31). The van der Waals surface area contributed by atoms with Crippen LogP contribution in [0.15, 0.2) is 79.0 Å². The van der Waals surface area contributed by atoms with E-state index < -0.39 is 5.97 Å². The van der Waals surface area contributed by atoms with E-state index in [1.54, 1.807) is 60.8 Å². The van der Waals surface area contributed by atoms with Gasteiger partial charge in [-0.25, -0.2) is 0 Å². The zero-order valence-electron chi connectivity index (χ0n) is 19.1. The van der Waals surface area contributed by atoms with Crippen LogP contribution in [0.2, 0.25) is 0 Å². The highest BCUT2D eigenvalue weighted by atomic mass is 16.5. The quantitative estimate of drug-likeness (QED) is 0.292.